The number of carbonyl (C=O) groups is 3. The molecule has 0 aromatic rings. The van der Waals surface area contributed by atoms with Crippen molar-refractivity contribution in [1.29, 1.82) is 0 Å². The van der Waals surface area contributed by atoms with Crippen molar-refractivity contribution < 1.29 is 28.6 Å². The minimum atomic E-state index is -1.93. The van der Waals surface area contributed by atoms with Crippen LogP contribution in [0.15, 0.2) is 0 Å². The number of hydrogen-bond donors (Lipinski definition) is 0. The van der Waals surface area contributed by atoms with E-state index < -0.39 is 23.3 Å². The van der Waals surface area contributed by atoms with Gasteiger partial charge in [-0.1, -0.05) is 5.92 Å². The Morgan fingerprint density at radius 1 is 1.05 bits per heavy atom. The summed E-state index contributed by atoms with van der Waals surface area (Å²) >= 11 is 0. The number of carbonyl (C=O) groups excluding carboxylic acids is 3. The Balaban J connectivity index is 5.66. The summed E-state index contributed by atoms with van der Waals surface area (Å²) in [6, 6.07) is 0. The maximum Gasteiger partial charge on any atom is 0.384 e. The zero-order valence-electron chi connectivity index (χ0n) is 10.9. The number of esters is 3. The minimum absolute atomic E-state index is 0.0834. The molecule has 0 aliphatic carbocycles. The van der Waals surface area contributed by atoms with Gasteiger partial charge in [-0.05, 0) is 6.42 Å². The van der Waals surface area contributed by atoms with E-state index in [1.807, 2.05) is 5.92 Å². The van der Waals surface area contributed by atoms with Gasteiger partial charge in [-0.15, -0.1) is 12.3 Å². The van der Waals surface area contributed by atoms with Crippen LogP contribution < -0.4 is 0 Å². The highest BCUT2D eigenvalue weighted by Crippen LogP contribution is 2.26. The van der Waals surface area contributed by atoms with Gasteiger partial charge >= 0.3 is 17.9 Å². The average molecular weight is 266 g/mol. The maximum absolute atomic E-state index is 11.8. The molecule has 0 rings (SSSR count). The van der Waals surface area contributed by atoms with Gasteiger partial charge < -0.3 is 14.2 Å². The molecular weight excluding hydrogens is 252 g/mol. The van der Waals surface area contributed by atoms with Crippen LogP contribution in [0.1, 0.15) is 12.8 Å². The zero-order valence-corrected chi connectivity index (χ0v) is 10.9. The summed E-state index contributed by atoms with van der Waals surface area (Å²) in [5, 5.41) is 0. The molecule has 6 heteroatoms. The smallest absolute Gasteiger partial charge is 0.384 e. The second-order valence-electron chi connectivity index (χ2n) is 3.33. The van der Waals surface area contributed by atoms with Crippen LogP contribution >= 0.6 is 0 Å². The summed E-state index contributed by atoms with van der Waals surface area (Å²) in [4.78, 5) is 34.6. The lowest BCUT2D eigenvalue weighted by molar-refractivity contribution is -0.164. The van der Waals surface area contributed by atoms with Crippen molar-refractivity contribution in [1.82, 2.24) is 0 Å². The molecule has 0 aromatic heterocycles. The number of methoxy groups -OCH3 is 3. The van der Waals surface area contributed by atoms with Crippen LogP contribution in [0.2, 0.25) is 0 Å². The van der Waals surface area contributed by atoms with Crippen LogP contribution in [-0.2, 0) is 28.6 Å². The highest BCUT2D eigenvalue weighted by molar-refractivity contribution is 6.05. The number of terminal acetylenes is 1. The normalized spacial score (nSPS) is 9.37. The standard InChI is InChI=1S/C13H14O6/c1-5-6-8-13(11(15)18-3,12(16)19-4)9-7-10(14)17-2/h1H,6,8H2,2-4H3. The van der Waals surface area contributed by atoms with Crippen molar-refractivity contribution in [2.24, 2.45) is 5.41 Å². The Bertz CT molecular complexity index is 444. The van der Waals surface area contributed by atoms with Gasteiger partial charge in [0.1, 0.15) is 0 Å². The lowest BCUT2D eigenvalue weighted by Gasteiger charge is -2.21. The lowest BCUT2D eigenvalue weighted by Crippen LogP contribution is -2.40. The highest BCUT2D eigenvalue weighted by Gasteiger charge is 2.47. The lowest BCUT2D eigenvalue weighted by atomic mass is 9.83. The highest BCUT2D eigenvalue weighted by atomic mass is 16.5. The fraction of sp³-hybridized carbons (Fsp3) is 0.462. The first-order valence-electron chi connectivity index (χ1n) is 5.20. The van der Waals surface area contributed by atoms with E-state index in [4.69, 9.17) is 6.42 Å². The quantitative estimate of drug-likeness (QED) is 0.233. The Hall–Kier alpha value is -2.47. The third kappa shape index (κ3) is 4.04. The van der Waals surface area contributed by atoms with E-state index in [0.717, 1.165) is 21.3 Å². The molecule has 0 aromatic carbocycles. The van der Waals surface area contributed by atoms with Crippen molar-refractivity contribution >= 4 is 17.9 Å². The number of hydrogen-bond acceptors (Lipinski definition) is 6. The van der Waals surface area contributed by atoms with Crippen molar-refractivity contribution in [3.63, 3.8) is 0 Å². The van der Waals surface area contributed by atoms with Gasteiger partial charge in [-0.3, -0.25) is 0 Å². The van der Waals surface area contributed by atoms with Crippen LogP contribution in [0.4, 0.5) is 0 Å². The van der Waals surface area contributed by atoms with Crippen LogP contribution in [0.25, 0.3) is 0 Å². The Labute approximate surface area is 111 Å². The van der Waals surface area contributed by atoms with E-state index in [1.54, 1.807) is 0 Å². The van der Waals surface area contributed by atoms with Crippen LogP contribution in [-0.4, -0.2) is 39.2 Å². The average Bonchev–Trinajstić information content (AvgIpc) is 2.45. The van der Waals surface area contributed by atoms with E-state index in [-0.39, 0.29) is 12.8 Å². The van der Waals surface area contributed by atoms with Crippen molar-refractivity contribution in [3.05, 3.63) is 0 Å². The molecule has 0 radical (unpaired) electrons. The predicted molar refractivity (Wildman–Crippen MR) is 64.3 cm³/mol. The van der Waals surface area contributed by atoms with Crippen molar-refractivity contribution in [2.45, 2.75) is 12.8 Å². The fourth-order valence-corrected chi connectivity index (χ4v) is 1.27. The monoisotopic (exact) mass is 266 g/mol. The second kappa shape index (κ2) is 7.78. The molecule has 0 spiro atoms. The molecule has 6 nitrogen and oxygen atoms in total. The van der Waals surface area contributed by atoms with Gasteiger partial charge in [0.15, 0.2) is 0 Å². The van der Waals surface area contributed by atoms with Crippen molar-refractivity contribution in [3.8, 4) is 24.2 Å². The summed E-state index contributed by atoms with van der Waals surface area (Å²) < 4.78 is 13.4. The van der Waals surface area contributed by atoms with Crippen LogP contribution in [0.3, 0.4) is 0 Å². The number of ether oxygens (including phenoxy) is 3. The zero-order chi connectivity index (χ0) is 14.9. The van der Waals surface area contributed by atoms with E-state index in [0.29, 0.717) is 0 Å². The van der Waals surface area contributed by atoms with Crippen LogP contribution in [0.5, 0.6) is 0 Å². The molecule has 0 bridgehead atoms. The number of rotatable bonds is 4. The summed E-state index contributed by atoms with van der Waals surface area (Å²) in [5.41, 5.74) is -1.93. The first kappa shape index (κ1) is 16.5. The molecule has 0 N–H and O–H groups in total. The Morgan fingerprint density at radius 3 is 1.95 bits per heavy atom. The molecule has 0 heterocycles. The molecule has 0 saturated heterocycles. The van der Waals surface area contributed by atoms with Gasteiger partial charge in [-0.25, -0.2) is 14.4 Å². The molecule has 0 fully saturated rings. The molecule has 0 aliphatic heterocycles. The summed E-state index contributed by atoms with van der Waals surface area (Å²) in [5.74, 6) is 3.80. The van der Waals surface area contributed by atoms with Crippen LogP contribution in [0, 0.1) is 29.6 Å². The molecule has 0 unspecified atom stereocenters. The maximum atomic E-state index is 11.8. The summed E-state index contributed by atoms with van der Waals surface area (Å²) in [6.45, 7) is 0. The summed E-state index contributed by atoms with van der Waals surface area (Å²) in [6.07, 6.45) is 5.07. The van der Waals surface area contributed by atoms with E-state index >= 15 is 0 Å². The second-order valence-corrected chi connectivity index (χ2v) is 3.33. The van der Waals surface area contributed by atoms with Gasteiger partial charge in [-0.2, -0.15) is 0 Å². The fourth-order valence-electron chi connectivity index (χ4n) is 1.27. The van der Waals surface area contributed by atoms with Gasteiger partial charge in [0.05, 0.1) is 21.3 Å². The van der Waals surface area contributed by atoms with Gasteiger partial charge in [0, 0.05) is 12.3 Å². The van der Waals surface area contributed by atoms with E-state index in [9.17, 15) is 14.4 Å². The molecule has 0 atom stereocenters. The Kier molecular flexibility index (Phi) is 6.77. The molecule has 0 saturated carbocycles. The molecule has 102 valence electrons. The summed E-state index contributed by atoms with van der Waals surface area (Å²) in [7, 11) is 3.31. The first-order chi connectivity index (χ1) is 8.98. The predicted octanol–water partition coefficient (Wildman–Crippen LogP) is -0.0914. The van der Waals surface area contributed by atoms with E-state index in [1.165, 1.54) is 0 Å². The SMILES string of the molecule is C#CCCC(C#CC(=O)OC)(C(=O)OC)C(=O)OC. The first-order valence-corrected chi connectivity index (χ1v) is 5.20. The molecule has 0 aliphatic rings. The third-order valence-electron chi connectivity index (χ3n) is 2.28. The largest absolute Gasteiger partial charge is 0.467 e. The molecule has 0 amide bonds. The minimum Gasteiger partial charge on any atom is -0.467 e. The van der Waals surface area contributed by atoms with Gasteiger partial charge in [0.2, 0.25) is 5.41 Å². The van der Waals surface area contributed by atoms with E-state index in [2.05, 4.69) is 26.1 Å². The van der Waals surface area contributed by atoms with Crippen molar-refractivity contribution in [2.75, 3.05) is 21.3 Å². The van der Waals surface area contributed by atoms with Gasteiger partial charge in [0.25, 0.3) is 0 Å². The molecular formula is C13H14O6. The molecule has 19 heavy (non-hydrogen) atoms. The Morgan fingerprint density at radius 2 is 1.58 bits per heavy atom. The topological polar surface area (TPSA) is 78.9 Å². The third-order valence-corrected chi connectivity index (χ3v) is 2.28.